The molecule has 0 saturated carbocycles. The van der Waals surface area contributed by atoms with Crippen LogP contribution in [-0.4, -0.2) is 75.0 Å². The third kappa shape index (κ3) is 6.39. The van der Waals surface area contributed by atoms with Crippen LogP contribution in [0.5, 0.6) is 17.6 Å². The van der Waals surface area contributed by atoms with Crippen molar-refractivity contribution in [2.24, 2.45) is 5.92 Å². The number of ether oxygens (including phenoxy) is 3. The maximum absolute atomic E-state index is 12.9. The van der Waals surface area contributed by atoms with Gasteiger partial charge >= 0.3 is 0 Å². The predicted molar refractivity (Wildman–Crippen MR) is 153 cm³/mol. The molecule has 38 heavy (non-hydrogen) atoms. The maximum Gasteiger partial charge on any atom is 0.217 e. The third-order valence-electron chi connectivity index (χ3n) is 7.58. The highest BCUT2D eigenvalue weighted by atomic mass is 79.9. The summed E-state index contributed by atoms with van der Waals surface area (Å²) < 4.78 is 17.9. The molecule has 2 N–H and O–H groups in total. The number of methoxy groups -OCH3 is 3. The molecule has 0 radical (unpaired) electrons. The van der Waals surface area contributed by atoms with Crippen molar-refractivity contribution in [1.29, 1.82) is 0 Å². The minimum atomic E-state index is -1.27. The molecule has 0 bridgehead atoms. The molecule has 0 spiro atoms. The summed E-state index contributed by atoms with van der Waals surface area (Å²) in [7, 11) is 8.84. The van der Waals surface area contributed by atoms with E-state index in [1.165, 1.54) is 0 Å². The van der Waals surface area contributed by atoms with Crippen molar-refractivity contribution in [3.05, 3.63) is 52.0 Å². The summed E-state index contributed by atoms with van der Waals surface area (Å²) in [5, 5.41) is 17.3. The quantitative estimate of drug-likeness (QED) is 0.333. The molecular formula is C29H39BrN4O4. The van der Waals surface area contributed by atoms with Gasteiger partial charge in [-0.05, 0) is 88.6 Å². The van der Waals surface area contributed by atoms with Crippen molar-refractivity contribution >= 4 is 26.8 Å². The summed E-state index contributed by atoms with van der Waals surface area (Å²) >= 11 is 3.60. The number of aromatic nitrogens is 2. The van der Waals surface area contributed by atoms with Gasteiger partial charge in [-0.15, -0.1) is 0 Å². The smallest absolute Gasteiger partial charge is 0.217 e. The lowest BCUT2D eigenvalue weighted by molar-refractivity contribution is -0.0169. The Bertz CT molecular complexity index is 1210. The zero-order valence-electron chi connectivity index (χ0n) is 23.0. The van der Waals surface area contributed by atoms with E-state index < -0.39 is 5.60 Å². The SMILES string of the molecule is COc1cc(C(O)(CCN(C)C)C(CC2CCNCC2)c2cc3cc(Br)ccc3nc2OC)cc(OC)n1. The van der Waals surface area contributed by atoms with Gasteiger partial charge in [-0.2, -0.15) is 4.98 Å². The number of hydrogen-bond acceptors (Lipinski definition) is 8. The van der Waals surface area contributed by atoms with E-state index in [0.29, 0.717) is 42.1 Å². The van der Waals surface area contributed by atoms with Crippen LogP contribution in [0.3, 0.4) is 0 Å². The lowest BCUT2D eigenvalue weighted by atomic mass is 9.70. The second-order valence-corrected chi connectivity index (χ2v) is 11.2. The van der Waals surface area contributed by atoms with E-state index in [9.17, 15) is 5.11 Å². The number of halogens is 1. The number of aliphatic hydroxyl groups is 1. The van der Waals surface area contributed by atoms with Crippen molar-refractivity contribution < 1.29 is 19.3 Å². The molecule has 2 atom stereocenters. The number of hydrogen-bond donors (Lipinski definition) is 2. The van der Waals surface area contributed by atoms with E-state index in [0.717, 1.165) is 53.3 Å². The highest BCUT2D eigenvalue weighted by Gasteiger charge is 2.43. The minimum Gasteiger partial charge on any atom is -0.481 e. The van der Waals surface area contributed by atoms with Crippen LogP contribution in [0.25, 0.3) is 10.9 Å². The van der Waals surface area contributed by atoms with Crippen LogP contribution in [0.2, 0.25) is 0 Å². The summed E-state index contributed by atoms with van der Waals surface area (Å²) in [5.74, 6) is 1.48. The fourth-order valence-electron chi connectivity index (χ4n) is 5.44. The first-order chi connectivity index (χ1) is 18.3. The number of piperidine rings is 1. The van der Waals surface area contributed by atoms with Crippen LogP contribution in [0.15, 0.2) is 40.9 Å². The monoisotopic (exact) mass is 586 g/mol. The van der Waals surface area contributed by atoms with E-state index in [1.54, 1.807) is 21.3 Å². The second-order valence-electron chi connectivity index (χ2n) is 10.3. The number of nitrogens with one attached hydrogen (secondary N) is 1. The molecular weight excluding hydrogens is 548 g/mol. The maximum atomic E-state index is 12.9. The van der Waals surface area contributed by atoms with Gasteiger partial charge in [0, 0.05) is 40.0 Å². The van der Waals surface area contributed by atoms with Gasteiger partial charge in [0.15, 0.2) is 0 Å². The van der Waals surface area contributed by atoms with Gasteiger partial charge in [0.1, 0.15) is 0 Å². The summed E-state index contributed by atoms with van der Waals surface area (Å²) in [4.78, 5) is 11.4. The van der Waals surface area contributed by atoms with Crippen LogP contribution < -0.4 is 19.5 Å². The Labute approximate surface area is 233 Å². The van der Waals surface area contributed by atoms with Gasteiger partial charge in [-0.25, -0.2) is 4.98 Å². The fourth-order valence-corrected chi connectivity index (χ4v) is 5.82. The van der Waals surface area contributed by atoms with Crippen LogP contribution in [0.1, 0.15) is 42.7 Å². The Morgan fingerprint density at radius 3 is 2.32 bits per heavy atom. The average Bonchev–Trinajstić information content (AvgIpc) is 2.94. The molecule has 1 aromatic carbocycles. The van der Waals surface area contributed by atoms with Crippen LogP contribution in [0.4, 0.5) is 0 Å². The van der Waals surface area contributed by atoms with Crippen LogP contribution in [-0.2, 0) is 5.60 Å². The summed E-state index contributed by atoms with van der Waals surface area (Å²) in [5.41, 5.74) is 1.18. The van der Waals surface area contributed by atoms with Crippen LogP contribution >= 0.6 is 15.9 Å². The molecule has 1 fully saturated rings. The molecule has 1 aliphatic heterocycles. The molecule has 4 rings (SSSR count). The zero-order chi connectivity index (χ0) is 27.3. The molecule has 1 aliphatic rings. The van der Waals surface area contributed by atoms with Gasteiger partial charge in [-0.3, -0.25) is 0 Å². The predicted octanol–water partition coefficient (Wildman–Crippen LogP) is 4.73. The fraction of sp³-hybridized carbons (Fsp3) is 0.517. The number of fused-ring (bicyclic) bond motifs is 1. The molecule has 1 saturated heterocycles. The number of nitrogens with zero attached hydrogens (tertiary/aromatic N) is 3. The molecule has 3 heterocycles. The molecule has 2 aromatic heterocycles. The number of benzene rings is 1. The molecule has 206 valence electrons. The van der Waals surface area contributed by atoms with Crippen molar-refractivity contribution in [3.63, 3.8) is 0 Å². The Hall–Kier alpha value is -2.46. The second kappa shape index (κ2) is 12.6. The van der Waals surface area contributed by atoms with E-state index in [4.69, 9.17) is 19.2 Å². The highest BCUT2D eigenvalue weighted by molar-refractivity contribution is 9.10. The average molecular weight is 588 g/mol. The van der Waals surface area contributed by atoms with E-state index in [1.807, 2.05) is 38.4 Å². The molecule has 0 amide bonds. The number of rotatable bonds is 11. The normalized spacial score (nSPS) is 16.8. The molecule has 2 unspecified atom stereocenters. The van der Waals surface area contributed by atoms with E-state index >= 15 is 0 Å². The Kier molecular flexibility index (Phi) is 9.46. The Morgan fingerprint density at radius 1 is 1.03 bits per heavy atom. The van der Waals surface area contributed by atoms with Crippen molar-refractivity contribution in [2.45, 2.75) is 37.2 Å². The first kappa shape index (κ1) is 28.5. The largest absolute Gasteiger partial charge is 0.481 e. The minimum absolute atomic E-state index is 0.298. The van der Waals surface area contributed by atoms with Crippen molar-refractivity contribution in [3.8, 4) is 17.6 Å². The summed E-state index contributed by atoms with van der Waals surface area (Å²) in [6.45, 7) is 2.63. The third-order valence-corrected chi connectivity index (χ3v) is 8.07. The van der Waals surface area contributed by atoms with E-state index in [2.05, 4.69) is 43.3 Å². The van der Waals surface area contributed by atoms with Crippen molar-refractivity contribution in [1.82, 2.24) is 20.2 Å². The van der Waals surface area contributed by atoms with Crippen LogP contribution in [0, 0.1) is 5.92 Å². The number of pyridine rings is 2. The zero-order valence-corrected chi connectivity index (χ0v) is 24.5. The first-order valence-corrected chi connectivity index (χ1v) is 13.9. The molecule has 3 aromatic rings. The van der Waals surface area contributed by atoms with Gasteiger partial charge in [0.2, 0.25) is 17.6 Å². The standard InChI is InChI=1S/C29H39BrN4O4/c1-34(2)13-10-29(35,21-17-26(36-3)33-27(18-21)37-4)24(14-19-8-11-31-12-9-19)23-16-20-15-22(30)6-7-25(20)32-28(23)38-5/h6-7,15-19,24,31,35H,8-14H2,1-5H3. The van der Waals surface area contributed by atoms with Gasteiger partial charge in [-0.1, -0.05) is 15.9 Å². The van der Waals surface area contributed by atoms with Crippen molar-refractivity contribution in [2.75, 3.05) is 55.1 Å². The lowest BCUT2D eigenvalue weighted by Crippen LogP contribution is -2.39. The Balaban J connectivity index is 1.94. The van der Waals surface area contributed by atoms with Gasteiger partial charge in [0.25, 0.3) is 0 Å². The van der Waals surface area contributed by atoms with Gasteiger partial charge < -0.3 is 29.5 Å². The summed E-state index contributed by atoms with van der Waals surface area (Å²) in [6.07, 6.45) is 3.39. The van der Waals surface area contributed by atoms with E-state index in [-0.39, 0.29) is 5.92 Å². The lowest BCUT2D eigenvalue weighted by Gasteiger charge is -2.40. The molecule has 0 aliphatic carbocycles. The first-order valence-electron chi connectivity index (χ1n) is 13.1. The Morgan fingerprint density at radius 2 is 1.71 bits per heavy atom. The highest BCUT2D eigenvalue weighted by Crippen LogP contribution is 2.48. The molecule has 9 heteroatoms. The topological polar surface area (TPSA) is 89.0 Å². The summed E-state index contributed by atoms with van der Waals surface area (Å²) in [6, 6.07) is 11.8. The molecule has 8 nitrogen and oxygen atoms in total. The van der Waals surface area contributed by atoms with Gasteiger partial charge in [0.05, 0.1) is 32.4 Å².